The zero-order chi connectivity index (χ0) is 11.4. The number of anilines is 1. The summed E-state index contributed by atoms with van der Waals surface area (Å²) in [6, 6.07) is 9.23. The van der Waals surface area contributed by atoms with Crippen LogP contribution in [0.25, 0.3) is 0 Å². The van der Waals surface area contributed by atoms with Gasteiger partial charge >= 0.3 is 0 Å². The van der Waals surface area contributed by atoms with E-state index < -0.39 is 0 Å². The second-order valence-corrected chi connectivity index (χ2v) is 4.65. The highest BCUT2D eigenvalue weighted by molar-refractivity contribution is 8.01. The van der Waals surface area contributed by atoms with E-state index >= 15 is 0 Å². The molecule has 16 heavy (non-hydrogen) atoms. The number of rotatable bonds is 3. The highest BCUT2D eigenvalue weighted by Gasteiger charge is 2.27. The number of carbonyl (C=O) groups is 2. The maximum absolute atomic E-state index is 11.6. The van der Waals surface area contributed by atoms with Gasteiger partial charge in [0.1, 0.15) is 0 Å². The molecule has 0 aromatic heterocycles. The predicted molar refractivity (Wildman–Crippen MR) is 64.1 cm³/mol. The normalized spacial score (nSPS) is 19.2. The summed E-state index contributed by atoms with van der Waals surface area (Å²) in [5.41, 5.74) is 0.760. The summed E-state index contributed by atoms with van der Waals surface area (Å²) in [6.07, 6.45) is 0.228. The molecule has 1 aromatic carbocycles. The van der Waals surface area contributed by atoms with Crippen LogP contribution in [0, 0.1) is 0 Å². The minimum absolute atomic E-state index is 0.0480. The zero-order valence-electron chi connectivity index (χ0n) is 8.60. The van der Waals surface area contributed by atoms with E-state index in [1.807, 2.05) is 30.3 Å². The van der Waals surface area contributed by atoms with E-state index in [1.54, 1.807) is 0 Å². The van der Waals surface area contributed by atoms with Crippen LogP contribution in [0.2, 0.25) is 0 Å². The molecule has 1 saturated heterocycles. The van der Waals surface area contributed by atoms with Crippen LogP contribution in [0.3, 0.4) is 0 Å². The van der Waals surface area contributed by atoms with Crippen LogP contribution < -0.4 is 10.6 Å². The molecule has 1 heterocycles. The first-order valence-electron chi connectivity index (χ1n) is 5.00. The van der Waals surface area contributed by atoms with Crippen molar-refractivity contribution < 1.29 is 9.59 Å². The second-order valence-electron chi connectivity index (χ2n) is 3.46. The third kappa shape index (κ3) is 2.76. The van der Waals surface area contributed by atoms with E-state index in [2.05, 4.69) is 10.6 Å². The highest BCUT2D eigenvalue weighted by atomic mass is 32.2. The van der Waals surface area contributed by atoms with E-state index in [4.69, 9.17) is 0 Å². The Balaban J connectivity index is 1.87. The van der Waals surface area contributed by atoms with Crippen LogP contribution >= 0.6 is 11.8 Å². The number of hydrogen-bond donors (Lipinski definition) is 2. The number of benzene rings is 1. The Hall–Kier alpha value is -1.49. The maximum Gasteiger partial charge on any atom is 0.234 e. The van der Waals surface area contributed by atoms with Crippen molar-refractivity contribution in [1.29, 1.82) is 0 Å². The summed E-state index contributed by atoms with van der Waals surface area (Å²) in [7, 11) is 0. The maximum atomic E-state index is 11.6. The first-order valence-corrected chi connectivity index (χ1v) is 6.05. The molecule has 1 aromatic rings. The smallest absolute Gasteiger partial charge is 0.234 e. The van der Waals surface area contributed by atoms with Crippen molar-refractivity contribution in [2.75, 3.05) is 11.2 Å². The lowest BCUT2D eigenvalue weighted by atomic mass is 10.2. The topological polar surface area (TPSA) is 58.2 Å². The number of amides is 2. The van der Waals surface area contributed by atoms with Crippen molar-refractivity contribution >= 4 is 29.3 Å². The molecule has 1 aliphatic heterocycles. The third-order valence-corrected chi connectivity index (χ3v) is 3.35. The Morgan fingerprint density at radius 1 is 1.44 bits per heavy atom. The molecule has 0 saturated carbocycles. The average molecular weight is 236 g/mol. The molecule has 5 heteroatoms. The van der Waals surface area contributed by atoms with Gasteiger partial charge in [0, 0.05) is 12.1 Å². The zero-order valence-corrected chi connectivity index (χ0v) is 9.42. The van der Waals surface area contributed by atoms with Crippen LogP contribution in [-0.4, -0.2) is 22.9 Å². The number of hydrogen-bond acceptors (Lipinski definition) is 3. The molecule has 0 aliphatic carbocycles. The summed E-state index contributed by atoms with van der Waals surface area (Å²) in [5, 5.41) is 5.19. The van der Waals surface area contributed by atoms with Crippen LogP contribution in [0.5, 0.6) is 0 Å². The lowest BCUT2D eigenvalue weighted by Crippen LogP contribution is -2.26. The fourth-order valence-corrected chi connectivity index (χ4v) is 2.39. The van der Waals surface area contributed by atoms with E-state index in [-0.39, 0.29) is 23.5 Å². The summed E-state index contributed by atoms with van der Waals surface area (Å²) in [5.74, 6) is 0.427. The minimum atomic E-state index is -0.247. The Labute approximate surface area is 97.8 Å². The molecule has 0 bridgehead atoms. The monoisotopic (exact) mass is 236 g/mol. The number of para-hydroxylation sites is 1. The Morgan fingerprint density at radius 3 is 2.81 bits per heavy atom. The fraction of sp³-hybridized carbons (Fsp3) is 0.273. The van der Waals surface area contributed by atoms with Crippen LogP contribution in [0.4, 0.5) is 5.69 Å². The third-order valence-electron chi connectivity index (χ3n) is 2.25. The van der Waals surface area contributed by atoms with Gasteiger partial charge in [-0.25, -0.2) is 0 Å². The molecule has 84 valence electrons. The first-order chi connectivity index (χ1) is 7.75. The Morgan fingerprint density at radius 2 is 2.19 bits per heavy atom. The van der Waals surface area contributed by atoms with Crippen molar-refractivity contribution in [2.24, 2.45) is 0 Å². The van der Waals surface area contributed by atoms with E-state index in [0.29, 0.717) is 5.88 Å². The van der Waals surface area contributed by atoms with Gasteiger partial charge in [-0.3, -0.25) is 9.59 Å². The average Bonchev–Trinajstić information content (AvgIpc) is 2.66. The lowest BCUT2D eigenvalue weighted by Gasteiger charge is -2.07. The van der Waals surface area contributed by atoms with Gasteiger partial charge < -0.3 is 10.6 Å². The number of carbonyl (C=O) groups excluding carboxylic acids is 2. The Bertz CT molecular complexity index is 394. The fourth-order valence-electron chi connectivity index (χ4n) is 1.46. The van der Waals surface area contributed by atoms with Gasteiger partial charge in [-0.1, -0.05) is 18.2 Å². The largest absolute Gasteiger partial charge is 0.346 e. The summed E-state index contributed by atoms with van der Waals surface area (Å²) < 4.78 is 0. The van der Waals surface area contributed by atoms with Crippen molar-refractivity contribution in [3.63, 3.8) is 0 Å². The van der Waals surface area contributed by atoms with Gasteiger partial charge in [0.15, 0.2) is 0 Å². The quantitative estimate of drug-likeness (QED) is 0.829. The van der Waals surface area contributed by atoms with E-state index in [0.717, 1.165) is 5.69 Å². The summed E-state index contributed by atoms with van der Waals surface area (Å²) in [6.45, 7) is 0. The molecule has 1 fully saturated rings. The van der Waals surface area contributed by atoms with Crippen molar-refractivity contribution in [1.82, 2.24) is 5.32 Å². The van der Waals surface area contributed by atoms with Crippen LogP contribution in [-0.2, 0) is 9.59 Å². The number of thioether (sulfide) groups is 1. The molecular weight excluding hydrogens is 224 g/mol. The van der Waals surface area contributed by atoms with Crippen LogP contribution in [0.15, 0.2) is 30.3 Å². The molecule has 2 rings (SSSR count). The standard InChI is InChI=1S/C11H12N2O2S/c14-10(6-9-11(15)12-7-16-9)13-8-4-2-1-3-5-8/h1-5,9H,6-7H2,(H,12,15)(H,13,14). The molecule has 4 nitrogen and oxygen atoms in total. The molecule has 2 N–H and O–H groups in total. The molecule has 1 unspecified atom stereocenters. The number of nitrogens with one attached hydrogen (secondary N) is 2. The molecule has 1 atom stereocenters. The second kappa shape index (κ2) is 5.03. The molecular formula is C11H12N2O2S. The van der Waals surface area contributed by atoms with Gasteiger partial charge in [0.05, 0.1) is 11.1 Å². The van der Waals surface area contributed by atoms with Gasteiger partial charge in [-0.2, -0.15) is 0 Å². The van der Waals surface area contributed by atoms with Crippen molar-refractivity contribution in [3.8, 4) is 0 Å². The van der Waals surface area contributed by atoms with E-state index in [9.17, 15) is 9.59 Å². The summed E-state index contributed by atoms with van der Waals surface area (Å²) in [4.78, 5) is 22.9. The van der Waals surface area contributed by atoms with Gasteiger partial charge in [0.2, 0.25) is 11.8 Å². The Kier molecular flexibility index (Phi) is 3.46. The lowest BCUT2D eigenvalue weighted by molar-refractivity contribution is -0.123. The van der Waals surface area contributed by atoms with Gasteiger partial charge in [-0.05, 0) is 12.1 Å². The van der Waals surface area contributed by atoms with Crippen molar-refractivity contribution in [3.05, 3.63) is 30.3 Å². The SMILES string of the molecule is O=C(CC1SCNC1=O)Nc1ccccc1. The first kappa shape index (κ1) is 11.0. The highest BCUT2D eigenvalue weighted by Crippen LogP contribution is 2.20. The van der Waals surface area contributed by atoms with Crippen LogP contribution in [0.1, 0.15) is 6.42 Å². The van der Waals surface area contributed by atoms with Gasteiger partial charge in [0.25, 0.3) is 0 Å². The predicted octanol–water partition coefficient (Wildman–Crippen LogP) is 1.20. The van der Waals surface area contributed by atoms with Crippen molar-refractivity contribution in [2.45, 2.75) is 11.7 Å². The van der Waals surface area contributed by atoms with E-state index in [1.165, 1.54) is 11.8 Å². The molecule has 2 amide bonds. The molecule has 1 aliphatic rings. The van der Waals surface area contributed by atoms with Gasteiger partial charge in [-0.15, -0.1) is 11.8 Å². The summed E-state index contributed by atoms with van der Waals surface area (Å²) >= 11 is 1.47. The molecule has 0 radical (unpaired) electrons. The molecule has 0 spiro atoms. The minimum Gasteiger partial charge on any atom is -0.346 e.